The summed E-state index contributed by atoms with van der Waals surface area (Å²) in [6, 6.07) is 7.59. The Bertz CT molecular complexity index is 841. The Morgan fingerprint density at radius 3 is 2.67 bits per heavy atom. The maximum absolute atomic E-state index is 13.6. The number of amides is 1. The van der Waals surface area contributed by atoms with E-state index < -0.39 is 5.41 Å². The molecule has 1 amide bonds. The SMILES string of the molecule is Cc1noc(C)c1CN1C(=O)C2(CCN(C(CO)CO)C2)c2ccccc21. The molecule has 1 saturated heterocycles. The second-order valence-electron chi connectivity index (χ2n) is 7.53. The topological polar surface area (TPSA) is 90.0 Å². The molecule has 2 aliphatic heterocycles. The van der Waals surface area contributed by atoms with Gasteiger partial charge in [-0.3, -0.25) is 9.69 Å². The van der Waals surface area contributed by atoms with Gasteiger partial charge in [-0.05, 0) is 31.9 Å². The highest BCUT2D eigenvalue weighted by molar-refractivity contribution is 6.08. The zero-order chi connectivity index (χ0) is 19.2. The summed E-state index contributed by atoms with van der Waals surface area (Å²) in [6.45, 7) is 5.12. The molecule has 4 rings (SSSR count). The number of aliphatic hydroxyl groups is 2. The molecular weight excluding hydrogens is 346 g/mol. The van der Waals surface area contributed by atoms with Crippen molar-refractivity contribution >= 4 is 11.6 Å². The van der Waals surface area contributed by atoms with Gasteiger partial charge in [0.1, 0.15) is 5.76 Å². The van der Waals surface area contributed by atoms with Crippen LogP contribution in [0.4, 0.5) is 5.69 Å². The van der Waals surface area contributed by atoms with E-state index in [1.165, 1.54) is 0 Å². The number of rotatable bonds is 5. The zero-order valence-corrected chi connectivity index (χ0v) is 15.7. The van der Waals surface area contributed by atoms with Gasteiger partial charge >= 0.3 is 0 Å². The van der Waals surface area contributed by atoms with Crippen LogP contribution in [0, 0.1) is 13.8 Å². The summed E-state index contributed by atoms with van der Waals surface area (Å²) in [6.07, 6.45) is 0.678. The third kappa shape index (κ3) is 2.69. The van der Waals surface area contributed by atoms with Crippen LogP contribution in [-0.2, 0) is 16.8 Å². The van der Waals surface area contributed by atoms with Crippen molar-refractivity contribution in [1.82, 2.24) is 10.1 Å². The van der Waals surface area contributed by atoms with E-state index in [2.05, 4.69) is 5.16 Å². The van der Waals surface area contributed by atoms with Crippen LogP contribution in [0.1, 0.15) is 29.0 Å². The van der Waals surface area contributed by atoms with Crippen LogP contribution < -0.4 is 4.90 Å². The second-order valence-corrected chi connectivity index (χ2v) is 7.53. The van der Waals surface area contributed by atoms with Crippen molar-refractivity contribution in [1.29, 1.82) is 0 Å². The number of hydrogen-bond donors (Lipinski definition) is 2. The van der Waals surface area contributed by atoms with Gasteiger partial charge in [-0.2, -0.15) is 0 Å². The number of benzene rings is 1. The number of aromatic nitrogens is 1. The molecule has 2 N–H and O–H groups in total. The third-order valence-electron chi connectivity index (χ3n) is 6.10. The Kier molecular flexibility index (Phi) is 4.53. The third-order valence-corrected chi connectivity index (χ3v) is 6.10. The zero-order valence-electron chi connectivity index (χ0n) is 15.7. The monoisotopic (exact) mass is 371 g/mol. The summed E-state index contributed by atoms with van der Waals surface area (Å²) < 4.78 is 5.27. The summed E-state index contributed by atoms with van der Waals surface area (Å²) >= 11 is 0. The predicted molar refractivity (Wildman–Crippen MR) is 99.4 cm³/mol. The second kappa shape index (κ2) is 6.74. The van der Waals surface area contributed by atoms with Gasteiger partial charge in [-0.15, -0.1) is 0 Å². The summed E-state index contributed by atoms with van der Waals surface area (Å²) in [5.74, 6) is 0.799. The Morgan fingerprint density at radius 1 is 1.26 bits per heavy atom. The molecule has 2 aliphatic rings. The number of aryl methyl sites for hydroxylation is 2. The highest BCUT2D eigenvalue weighted by Gasteiger charge is 2.55. The standard InChI is InChI=1S/C20H25N3O4/c1-13-16(14(2)27-21-13)9-23-18-6-4-3-5-17(18)20(19(23)26)7-8-22(12-20)15(10-24)11-25/h3-6,15,24-25H,7-12H2,1-2H3. The van der Waals surface area contributed by atoms with Crippen LogP contribution in [0.5, 0.6) is 0 Å². The van der Waals surface area contributed by atoms with E-state index in [4.69, 9.17) is 4.52 Å². The Balaban J connectivity index is 1.71. The van der Waals surface area contributed by atoms with Crippen molar-refractivity contribution in [3.63, 3.8) is 0 Å². The molecule has 27 heavy (non-hydrogen) atoms. The molecule has 1 fully saturated rings. The molecule has 0 saturated carbocycles. The van der Waals surface area contributed by atoms with E-state index in [1.807, 2.05) is 47.9 Å². The quantitative estimate of drug-likeness (QED) is 0.819. The average Bonchev–Trinajstić information content (AvgIpc) is 3.32. The van der Waals surface area contributed by atoms with Gasteiger partial charge in [0.05, 0.1) is 36.9 Å². The minimum absolute atomic E-state index is 0.0702. The highest BCUT2D eigenvalue weighted by Crippen LogP contribution is 2.48. The minimum Gasteiger partial charge on any atom is -0.395 e. The largest absolute Gasteiger partial charge is 0.395 e. The average molecular weight is 371 g/mol. The molecule has 1 spiro atoms. The normalized spacial score (nSPS) is 22.4. The lowest BCUT2D eigenvalue weighted by molar-refractivity contribution is -0.123. The van der Waals surface area contributed by atoms with Crippen LogP contribution in [-0.4, -0.2) is 58.5 Å². The summed E-state index contributed by atoms with van der Waals surface area (Å²) in [7, 11) is 0. The van der Waals surface area contributed by atoms with Gasteiger partial charge < -0.3 is 19.6 Å². The Morgan fingerprint density at radius 2 is 2.00 bits per heavy atom. The molecule has 0 radical (unpaired) electrons. The lowest BCUT2D eigenvalue weighted by Gasteiger charge is -2.28. The molecule has 3 heterocycles. The molecule has 144 valence electrons. The molecule has 1 atom stereocenters. The molecule has 7 nitrogen and oxygen atoms in total. The van der Waals surface area contributed by atoms with Gasteiger partial charge in [-0.25, -0.2) is 0 Å². The Hall–Kier alpha value is -2.22. The van der Waals surface area contributed by atoms with Crippen molar-refractivity contribution in [3.05, 3.63) is 46.8 Å². The number of para-hydroxylation sites is 1. The van der Waals surface area contributed by atoms with Crippen LogP contribution in [0.3, 0.4) is 0 Å². The molecule has 7 heteroatoms. The van der Waals surface area contributed by atoms with Crippen LogP contribution in [0.15, 0.2) is 28.8 Å². The number of fused-ring (bicyclic) bond motifs is 2. The highest BCUT2D eigenvalue weighted by atomic mass is 16.5. The first-order valence-corrected chi connectivity index (χ1v) is 9.31. The lowest BCUT2D eigenvalue weighted by atomic mass is 9.81. The number of carbonyl (C=O) groups is 1. The van der Waals surface area contributed by atoms with Crippen LogP contribution in [0.2, 0.25) is 0 Å². The first kappa shape index (κ1) is 18.2. The fourth-order valence-corrected chi connectivity index (χ4v) is 4.47. The maximum atomic E-state index is 13.6. The maximum Gasteiger partial charge on any atom is 0.239 e. The van der Waals surface area contributed by atoms with Gasteiger partial charge in [0.25, 0.3) is 0 Å². The molecule has 0 bridgehead atoms. The van der Waals surface area contributed by atoms with Crippen molar-refractivity contribution in [2.45, 2.75) is 38.3 Å². The fourth-order valence-electron chi connectivity index (χ4n) is 4.47. The molecule has 1 unspecified atom stereocenters. The molecule has 0 aliphatic carbocycles. The number of nitrogens with zero attached hydrogens (tertiary/aromatic N) is 3. The number of anilines is 1. The van der Waals surface area contributed by atoms with Gasteiger partial charge in [0.15, 0.2) is 0 Å². The van der Waals surface area contributed by atoms with Crippen LogP contribution >= 0.6 is 0 Å². The van der Waals surface area contributed by atoms with Crippen molar-refractivity contribution in [3.8, 4) is 0 Å². The van der Waals surface area contributed by atoms with Crippen LogP contribution in [0.25, 0.3) is 0 Å². The van der Waals surface area contributed by atoms with E-state index in [-0.39, 0.29) is 25.2 Å². The van der Waals surface area contributed by atoms with Crippen molar-refractivity contribution in [2.24, 2.45) is 0 Å². The van der Waals surface area contributed by atoms with E-state index in [0.717, 1.165) is 28.3 Å². The summed E-state index contributed by atoms with van der Waals surface area (Å²) in [5, 5.41) is 23.1. The first-order chi connectivity index (χ1) is 13.0. The first-order valence-electron chi connectivity index (χ1n) is 9.31. The number of hydrogen-bond acceptors (Lipinski definition) is 6. The van der Waals surface area contributed by atoms with Gasteiger partial charge in [0.2, 0.25) is 5.91 Å². The Labute approximate surface area is 158 Å². The molecule has 2 aromatic rings. The van der Waals surface area contributed by atoms with Gasteiger partial charge in [0, 0.05) is 24.3 Å². The molecule has 1 aromatic carbocycles. The van der Waals surface area contributed by atoms with Crippen molar-refractivity contribution in [2.75, 3.05) is 31.2 Å². The summed E-state index contributed by atoms with van der Waals surface area (Å²) in [4.78, 5) is 17.5. The molecule has 1 aromatic heterocycles. The lowest BCUT2D eigenvalue weighted by Crippen LogP contribution is -2.45. The predicted octanol–water partition coefficient (Wildman–Crippen LogP) is 1.13. The smallest absolute Gasteiger partial charge is 0.239 e. The number of likely N-dealkylation sites (tertiary alicyclic amines) is 1. The fraction of sp³-hybridized carbons (Fsp3) is 0.500. The van der Waals surface area contributed by atoms with E-state index in [1.54, 1.807) is 0 Å². The number of carbonyl (C=O) groups excluding carboxylic acids is 1. The van der Waals surface area contributed by atoms with E-state index in [0.29, 0.717) is 26.1 Å². The van der Waals surface area contributed by atoms with Crippen molar-refractivity contribution < 1.29 is 19.5 Å². The molecular formula is C20H25N3O4. The van der Waals surface area contributed by atoms with E-state index in [9.17, 15) is 15.0 Å². The van der Waals surface area contributed by atoms with Gasteiger partial charge in [-0.1, -0.05) is 23.4 Å². The summed E-state index contributed by atoms with van der Waals surface area (Å²) in [5.41, 5.74) is 3.06. The van der Waals surface area contributed by atoms with E-state index >= 15 is 0 Å². The number of aliphatic hydroxyl groups excluding tert-OH is 2. The minimum atomic E-state index is -0.627.